The molecule has 3 unspecified atom stereocenters. The van der Waals surface area contributed by atoms with Crippen molar-refractivity contribution in [2.24, 2.45) is 5.92 Å². The third-order valence-corrected chi connectivity index (χ3v) is 6.32. The van der Waals surface area contributed by atoms with Crippen LogP contribution in [0.5, 0.6) is 0 Å². The zero-order valence-corrected chi connectivity index (χ0v) is 23.3. The van der Waals surface area contributed by atoms with Gasteiger partial charge in [-0.1, -0.05) is 31.2 Å². The Kier molecular flexibility index (Phi) is 10.1. The van der Waals surface area contributed by atoms with Crippen LogP contribution in [-0.4, -0.2) is 42.6 Å². The second-order valence-corrected chi connectivity index (χ2v) is 11.0. The molecule has 210 valence electrons. The van der Waals surface area contributed by atoms with Gasteiger partial charge in [-0.3, -0.25) is 14.4 Å². The van der Waals surface area contributed by atoms with E-state index in [9.17, 15) is 19.2 Å². The van der Waals surface area contributed by atoms with Crippen LogP contribution in [0.4, 0.5) is 16.2 Å². The highest BCUT2D eigenvalue weighted by atomic mass is 16.6. The SMILES string of the molecule is COC(=O)C(C)CC(=O)Nc1ccc(CCCC(=O)Nc2ccc(C3CC3NC(=O)OC(C)(C)C)cc2)cc1. The summed E-state index contributed by atoms with van der Waals surface area (Å²) >= 11 is 0. The Labute approximate surface area is 230 Å². The number of benzene rings is 2. The van der Waals surface area contributed by atoms with Gasteiger partial charge in [0.2, 0.25) is 11.8 Å². The van der Waals surface area contributed by atoms with E-state index >= 15 is 0 Å². The summed E-state index contributed by atoms with van der Waals surface area (Å²) in [4.78, 5) is 47.9. The minimum absolute atomic E-state index is 0.0535. The van der Waals surface area contributed by atoms with Crippen molar-refractivity contribution < 1.29 is 28.7 Å². The summed E-state index contributed by atoms with van der Waals surface area (Å²) in [5, 5.41) is 8.61. The molecule has 1 fully saturated rings. The standard InChI is InChI=1S/C30H39N3O6/c1-19(28(36)38-5)17-27(35)32-22-13-9-20(10-14-22)7-6-8-26(34)31-23-15-11-21(12-16-23)24-18-25(24)33-29(37)39-30(2,3)4/h9-16,19,24-25H,6-8,17-18H2,1-5H3,(H,31,34)(H,32,35)(H,33,37). The number of rotatable bonds is 11. The molecule has 9 heteroatoms. The topological polar surface area (TPSA) is 123 Å². The van der Waals surface area contributed by atoms with Crippen LogP contribution in [0, 0.1) is 5.92 Å². The summed E-state index contributed by atoms with van der Waals surface area (Å²) < 4.78 is 9.95. The van der Waals surface area contributed by atoms with E-state index in [0.29, 0.717) is 18.5 Å². The van der Waals surface area contributed by atoms with E-state index in [4.69, 9.17) is 4.74 Å². The first-order valence-electron chi connectivity index (χ1n) is 13.3. The van der Waals surface area contributed by atoms with E-state index in [1.807, 2.05) is 69.3 Å². The molecule has 1 saturated carbocycles. The number of carbonyl (C=O) groups is 4. The summed E-state index contributed by atoms with van der Waals surface area (Å²) in [7, 11) is 1.30. The molecule has 0 bridgehead atoms. The largest absolute Gasteiger partial charge is 0.469 e. The van der Waals surface area contributed by atoms with Crippen molar-refractivity contribution >= 4 is 35.3 Å². The molecule has 2 aromatic carbocycles. The van der Waals surface area contributed by atoms with Crippen molar-refractivity contribution in [3.05, 3.63) is 59.7 Å². The predicted molar refractivity (Wildman–Crippen MR) is 149 cm³/mol. The van der Waals surface area contributed by atoms with Gasteiger partial charge in [0.25, 0.3) is 0 Å². The van der Waals surface area contributed by atoms with Crippen LogP contribution >= 0.6 is 0 Å². The lowest BCUT2D eigenvalue weighted by Crippen LogP contribution is -2.34. The number of hydrogen-bond acceptors (Lipinski definition) is 6. The summed E-state index contributed by atoms with van der Waals surface area (Å²) in [6.07, 6.45) is 2.32. The van der Waals surface area contributed by atoms with Crippen LogP contribution in [0.25, 0.3) is 0 Å². The van der Waals surface area contributed by atoms with Gasteiger partial charge < -0.3 is 25.4 Å². The number of hydrogen-bond donors (Lipinski definition) is 3. The van der Waals surface area contributed by atoms with Crippen molar-refractivity contribution in [3.63, 3.8) is 0 Å². The van der Waals surface area contributed by atoms with Gasteiger partial charge in [0.05, 0.1) is 13.0 Å². The highest BCUT2D eigenvalue weighted by Gasteiger charge is 2.40. The Morgan fingerprint density at radius 1 is 0.923 bits per heavy atom. The molecule has 0 saturated heterocycles. The Bertz CT molecular complexity index is 1150. The van der Waals surface area contributed by atoms with E-state index in [-0.39, 0.29) is 30.2 Å². The molecule has 0 aromatic heterocycles. The summed E-state index contributed by atoms with van der Waals surface area (Å²) in [6.45, 7) is 7.16. The first-order chi connectivity index (χ1) is 18.4. The Balaban J connectivity index is 1.35. The van der Waals surface area contributed by atoms with Gasteiger partial charge >= 0.3 is 12.1 Å². The van der Waals surface area contributed by atoms with Gasteiger partial charge in [-0.15, -0.1) is 0 Å². The lowest BCUT2D eigenvalue weighted by molar-refractivity contribution is -0.146. The molecule has 0 spiro atoms. The molecule has 0 aliphatic heterocycles. The lowest BCUT2D eigenvalue weighted by Gasteiger charge is -2.19. The summed E-state index contributed by atoms with van der Waals surface area (Å²) in [6, 6.07) is 15.2. The molecule has 3 amide bonds. The number of anilines is 2. The molecule has 9 nitrogen and oxygen atoms in total. The van der Waals surface area contributed by atoms with Crippen LogP contribution in [0.1, 0.15) is 70.4 Å². The smallest absolute Gasteiger partial charge is 0.407 e. The molecule has 3 N–H and O–H groups in total. The molecule has 3 atom stereocenters. The minimum atomic E-state index is -0.522. The zero-order chi connectivity index (χ0) is 28.6. The molecular formula is C30H39N3O6. The number of ether oxygens (including phenoxy) is 2. The Morgan fingerprint density at radius 3 is 2.10 bits per heavy atom. The molecule has 0 radical (unpaired) electrons. The Morgan fingerprint density at radius 2 is 1.51 bits per heavy atom. The van der Waals surface area contributed by atoms with Crippen molar-refractivity contribution in [2.45, 2.75) is 77.4 Å². The fourth-order valence-corrected chi connectivity index (χ4v) is 4.20. The average molecular weight is 538 g/mol. The zero-order valence-electron chi connectivity index (χ0n) is 23.3. The summed E-state index contributed by atoms with van der Waals surface area (Å²) in [5.41, 5.74) is 3.05. The third-order valence-electron chi connectivity index (χ3n) is 6.32. The van der Waals surface area contributed by atoms with Gasteiger partial charge in [-0.2, -0.15) is 0 Å². The maximum atomic E-state index is 12.4. The van der Waals surface area contributed by atoms with Crippen molar-refractivity contribution in [3.8, 4) is 0 Å². The number of alkyl carbamates (subject to hydrolysis) is 1. The first-order valence-corrected chi connectivity index (χ1v) is 13.3. The van der Waals surface area contributed by atoms with Gasteiger partial charge in [0, 0.05) is 36.2 Å². The summed E-state index contributed by atoms with van der Waals surface area (Å²) in [5.74, 6) is -0.966. The van der Waals surface area contributed by atoms with Crippen LogP contribution in [0.2, 0.25) is 0 Å². The molecule has 3 rings (SSSR count). The van der Waals surface area contributed by atoms with E-state index in [1.54, 1.807) is 6.92 Å². The Hall–Kier alpha value is -3.88. The van der Waals surface area contributed by atoms with Crippen molar-refractivity contribution in [2.75, 3.05) is 17.7 Å². The number of esters is 1. The number of methoxy groups -OCH3 is 1. The molecule has 2 aromatic rings. The molecule has 0 heterocycles. The van der Waals surface area contributed by atoms with Gasteiger partial charge in [0.1, 0.15) is 5.60 Å². The van der Waals surface area contributed by atoms with E-state index in [2.05, 4.69) is 20.7 Å². The van der Waals surface area contributed by atoms with Crippen LogP contribution in [0.15, 0.2) is 48.5 Å². The predicted octanol–water partition coefficient (Wildman–Crippen LogP) is 5.17. The number of nitrogens with one attached hydrogen (secondary N) is 3. The van der Waals surface area contributed by atoms with Crippen LogP contribution in [0.3, 0.4) is 0 Å². The average Bonchev–Trinajstić information content (AvgIpc) is 3.62. The minimum Gasteiger partial charge on any atom is -0.469 e. The van der Waals surface area contributed by atoms with E-state index < -0.39 is 23.6 Å². The maximum absolute atomic E-state index is 12.4. The van der Waals surface area contributed by atoms with Crippen molar-refractivity contribution in [1.82, 2.24) is 5.32 Å². The van der Waals surface area contributed by atoms with Crippen molar-refractivity contribution in [1.29, 1.82) is 0 Å². The van der Waals surface area contributed by atoms with Gasteiger partial charge in [-0.05, 0) is 75.4 Å². The maximum Gasteiger partial charge on any atom is 0.407 e. The highest BCUT2D eigenvalue weighted by Crippen LogP contribution is 2.41. The van der Waals surface area contributed by atoms with E-state index in [0.717, 1.165) is 29.7 Å². The molecular weight excluding hydrogens is 498 g/mol. The highest BCUT2D eigenvalue weighted by molar-refractivity contribution is 5.93. The number of aryl methyl sites for hydroxylation is 1. The number of amides is 3. The first kappa shape index (κ1) is 29.7. The fourth-order valence-electron chi connectivity index (χ4n) is 4.20. The number of carbonyl (C=O) groups excluding carboxylic acids is 4. The molecule has 39 heavy (non-hydrogen) atoms. The quantitative estimate of drug-likeness (QED) is 0.340. The fraction of sp³-hybridized carbons (Fsp3) is 0.467. The third kappa shape index (κ3) is 10.1. The molecule has 1 aliphatic carbocycles. The van der Waals surface area contributed by atoms with Crippen LogP contribution in [-0.2, 0) is 30.3 Å². The normalized spacial score (nSPS) is 16.9. The lowest BCUT2D eigenvalue weighted by atomic mass is 10.1. The van der Waals surface area contributed by atoms with Gasteiger partial charge in [-0.25, -0.2) is 4.79 Å². The van der Waals surface area contributed by atoms with E-state index in [1.165, 1.54) is 7.11 Å². The molecule has 1 aliphatic rings. The van der Waals surface area contributed by atoms with Crippen LogP contribution < -0.4 is 16.0 Å². The second-order valence-electron chi connectivity index (χ2n) is 11.0. The van der Waals surface area contributed by atoms with Gasteiger partial charge in [0.15, 0.2) is 0 Å². The second kappa shape index (κ2) is 13.3. The monoisotopic (exact) mass is 537 g/mol.